The van der Waals surface area contributed by atoms with Gasteiger partial charge in [-0.2, -0.15) is 0 Å². The third kappa shape index (κ3) is 5.69. The molecule has 0 N–H and O–H groups in total. The normalized spacial score (nSPS) is 14.8. The van der Waals surface area contributed by atoms with Crippen molar-refractivity contribution in [1.82, 2.24) is 20.0 Å². The van der Waals surface area contributed by atoms with E-state index in [4.69, 9.17) is 13.9 Å². The van der Waals surface area contributed by atoms with E-state index in [9.17, 15) is 4.79 Å². The van der Waals surface area contributed by atoms with Crippen LogP contribution in [0.15, 0.2) is 22.6 Å². The van der Waals surface area contributed by atoms with Crippen molar-refractivity contribution < 1.29 is 18.7 Å². The molecule has 1 amide bonds. The van der Waals surface area contributed by atoms with Crippen LogP contribution in [0.1, 0.15) is 37.1 Å². The van der Waals surface area contributed by atoms with Gasteiger partial charge in [-0.25, -0.2) is 0 Å². The Morgan fingerprint density at radius 1 is 1.10 bits per heavy atom. The van der Waals surface area contributed by atoms with Crippen molar-refractivity contribution in [3.63, 3.8) is 0 Å². The van der Waals surface area contributed by atoms with Crippen LogP contribution in [0.2, 0.25) is 0 Å². The topological polar surface area (TPSA) is 80.9 Å². The molecule has 0 unspecified atom stereocenters. The minimum atomic E-state index is 0.148. The summed E-state index contributed by atoms with van der Waals surface area (Å²) >= 11 is 0. The number of nitrogens with zero attached hydrogens (tertiary/aromatic N) is 4. The van der Waals surface area contributed by atoms with Crippen molar-refractivity contribution >= 4 is 5.91 Å². The number of benzene rings is 1. The maximum atomic E-state index is 12.5. The van der Waals surface area contributed by atoms with E-state index < -0.39 is 0 Å². The predicted molar refractivity (Wildman–Crippen MR) is 108 cm³/mol. The zero-order valence-electron chi connectivity index (χ0n) is 17.5. The first-order valence-corrected chi connectivity index (χ1v) is 10.1. The number of hydrogen-bond donors (Lipinski definition) is 0. The summed E-state index contributed by atoms with van der Waals surface area (Å²) in [5, 5.41) is 8.21. The summed E-state index contributed by atoms with van der Waals surface area (Å²) < 4.78 is 16.4. The fourth-order valence-electron chi connectivity index (χ4n) is 3.55. The molecular weight excluding hydrogens is 372 g/mol. The first kappa shape index (κ1) is 21.1. The summed E-state index contributed by atoms with van der Waals surface area (Å²) in [5.74, 6) is 2.61. The third-order valence-corrected chi connectivity index (χ3v) is 5.16. The number of methoxy groups -OCH3 is 2. The molecule has 0 atom stereocenters. The molecule has 29 heavy (non-hydrogen) atoms. The zero-order valence-corrected chi connectivity index (χ0v) is 17.5. The molecule has 1 aromatic carbocycles. The van der Waals surface area contributed by atoms with E-state index in [0.717, 1.165) is 56.2 Å². The van der Waals surface area contributed by atoms with E-state index in [1.54, 1.807) is 14.2 Å². The van der Waals surface area contributed by atoms with E-state index in [0.29, 0.717) is 31.0 Å². The third-order valence-electron chi connectivity index (χ3n) is 5.16. The lowest BCUT2D eigenvalue weighted by atomic mass is 10.1. The maximum Gasteiger partial charge on any atom is 0.223 e. The van der Waals surface area contributed by atoms with E-state index in [-0.39, 0.29) is 5.91 Å². The highest BCUT2D eigenvalue weighted by Gasteiger charge is 2.21. The van der Waals surface area contributed by atoms with Crippen LogP contribution in [-0.2, 0) is 17.6 Å². The van der Waals surface area contributed by atoms with Gasteiger partial charge in [-0.15, -0.1) is 10.2 Å². The quantitative estimate of drug-likeness (QED) is 0.636. The number of carbonyl (C=O) groups is 1. The molecule has 1 saturated heterocycles. The van der Waals surface area contributed by atoms with Crippen LogP contribution in [-0.4, -0.2) is 72.8 Å². The molecule has 1 aromatic heterocycles. The Kier molecular flexibility index (Phi) is 7.46. The molecule has 0 spiro atoms. The Labute approximate surface area is 171 Å². The molecule has 0 bridgehead atoms. The maximum absolute atomic E-state index is 12.5. The average molecular weight is 402 g/mol. The van der Waals surface area contributed by atoms with Gasteiger partial charge >= 0.3 is 0 Å². The molecule has 8 heteroatoms. The van der Waals surface area contributed by atoms with Crippen LogP contribution < -0.4 is 9.47 Å². The van der Waals surface area contributed by atoms with Crippen molar-refractivity contribution in [3.8, 4) is 11.5 Å². The standard InChI is InChI=1S/C21H30N4O4/c1-4-9-24-10-12-25(13-11-24)21(26)8-7-19-22-23-20(29-19)15-16-14-17(27-2)5-6-18(16)28-3/h5-6,14H,4,7-13,15H2,1-3H3. The van der Waals surface area contributed by atoms with Crippen LogP contribution >= 0.6 is 0 Å². The highest BCUT2D eigenvalue weighted by molar-refractivity contribution is 5.76. The Morgan fingerprint density at radius 2 is 1.86 bits per heavy atom. The van der Waals surface area contributed by atoms with E-state index in [2.05, 4.69) is 22.0 Å². The first-order chi connectivity index (χ1) is 14.1. The molecule has 1 aliphatic heterocycles. The largest absolute Gasteiger partial charge is 0.497 e. The number of ether oxygens (including phenoxy) is 2. The Hall–Kier alpha value is -2.61. The summed E-state index contributed by atoms with van der Waals surface area (Å²) in [5.41, 5.74) is 0.906. The Bertz CT molecular complexity index is 800. The molecule has 1 aliphatic rings. The van der Waals surface area contributed by atoms with Gasteiger partial charge in [0.05, 0.1) is 20.6 Å². The number of carbonyl (C=O) groups excluding carboxylic acids is 1. The van der Waals surface area contributed by atoms with Gasteiger partial charge in [0.2, 0.25) is 17.7 Å². The van der Waals surface area contributed by atoms with Gasteiger partial charge in [-0.1, -0.05) is 6.92 Å². The SMILES string of the molecule is CCCN1CCN(C(=O)CCc2nnc(Cc3cc(OC)ccc3OC)o2)CC1. The molecule has 0 aliphatic carbocycles. The van der Waals surface area contributed by atoms with Crippen molar-refractivity contribution in [1.29, 1.82) is 0 Å². The summed E-state index contributed by atoms with van der Waals surface area (Å²) in [7, 11) is 3.25. The van der Waals surface area contributed by atoms with Crippen molar-refractivity contribution in [2.45, 2.75) is 32.6 Å². The van der Waals surface area contributed by atoms with Gasteiger partial charge < -0.3 is 18.8 Å². The van der Waals surface area contributed by atoms with Crippen LogP contribution in [0.25, 0.3) is 0 Å². The number of aryl methyl sites for hydroxylation is 1. The fourth-order valence-corrected chi connectivity index (χ4v) is 3.55. The zero-order chi connectivity index (χ0) is 20.6. The molecule has 0 radical (unpaired) electrons. The Balaban J connectivity index is 1.51. The summed E-state index contributed by atoms with van der Waals surface area (Å²) in [4.78, 5) is 16.8. The molecule has 8 nitrogen and oxygen atoms in total. The Morgan fingerprint density at radius 3 is 2.55 bits per heavy atom. The second kappa shape index (κ2) is 10.2. The van der Waals surface area contributed by atoms with Gasteiger partial charge in [0, 0.05) is 44.6 Å². The van der Waals surface area contributed by atoms with Crippen molar-refractivity contribution in [2.24, 2.45) is 0 Å². The van der Waals surface area contributed by atoms with Gasteiger partial charge in [0.15, 0.2) is 0 Å². The molecular formula is C21H30N4O4. The second-order valence-corrected chi connectivity index (χ2v) is 7.17. The molecule has 3 rings (SSSR count). The van der Waals surface area contributed by atoms with Crippen LogP contribution in [0, 0.1) is 0 Å². The minimum absolute atomic E-state index is 0.148. The number of aromatic nitrogens is 2. The summed E-state index contributed by atoms with van der Waals surface area (Å²) in [6.07, 6.45) is 2.43. The molecule has 2 aromatic rings. The highest BCUT2D eigenvalue weighted by atomic mass is 16.5. The number of hydrogen-bond acceptors (Lipinski definition) is 7. The van der Waals surface area contributed by atoms with E-state index >= 15 is 0 Å². The summed E-state index contributed by atoms with van der Waals surface area (Å²) in [6, 6.07) is 5.59. The van der Waals surface area contributed by atoms with Gasteiger partial charge in [0.25, 0.3) is 0 Å². The van der Waals surface area contributed by atoms with Crippen molar-refractivity contribution in [2.75, 3.05) is 46.9 Å². The fraction of sp³-hybridized carbons (Fsp3) is 0.571. The lowest BCUT2D eigenvalue weighted by Crippen LogP contribution is -2.48. The van der Waals surface area contributed by atoms with Gasteiger partial charge in [-0.05, 0) is 31.2 Å². The van der Waals surface area contributed by atoms with Crippen LogP contribution in [0.5, 0.6) is 11.5 Å². The van der Waals surface area contributed by atoms with Gasteiger partial charge in [-0.3, -0.25) is 9.69 Å². The lowest BCUT2D eigenvalue weighted by molar-refractivity contribution is -0.133. The number of piperazine rings is 1. The van der Waals surface area contributed by atoms with Crippen molar-refractivity contribution in [3.05, 3.63) is 35.5 Å². The first-order valence-electron chi connectivity index (χ1n) is 10.1. The van der Waals surface area contributed by atoms with Crippen LogP contribution in [0.3, 0.4) is 0 Å². The number of amides is 1. The highest BCUT2D eigenvalue weighted by Crippen LogP contribution is 2.26. The molecule has 158 valence electrons. The van der Waals surface area contributed by atoms with E-state index in [1.165, 1.54) is 0 Å². The number of rotatable bonds is 9. The molecule has 1 fully saturated rings. The van der Waals surface area contributed by atoms with E-state index in [1.807, 2.05) is 23.1 Å². The summed E-state index contributed by atoms with van der Waals surface area (Å²) in [6.45, 7) is 6.78. The average Bonchev–Trinajstić information content (AvgIpc) is 3.20. The van der Waals surface area contributed by atoms with Crippen LogP contribution in [0.4, 0.5) is 0 Å². The second-order valence-electron chi connectivity index (χ2n) is 7.17. The lowest BCUT2D eigenvalue weighted by Gasteiger charge is -2.34. The molecule has 0 saturated carbocycles. The monoisotopic (exact) mass is 402 g/mol. The predicted octanol–water partition coefficient (Wildman–Crippen LogP) is 2.16. The minimum Gasteiger partial charge on any atom is -0.497 e. The smallest absolute Gasteiger partial charge is 0.223 e. The van der Waals surface area contributed by atoms with Gasteiger partial charge in [0.1, 0.15) is 11.5 Å². The molecule has 2 heterocycles.